The molecule has 3 aromatic rings. The molecule has 0 aliphatic rings. The van der Waals surface area contributed by atoms with E-state index in [1.54, 1.807) is 0 Å². The number of hydrogen-bond donors (Lipinski definition) is 1. The molecule has 1 N–H and O–H groups in total. The SMILES string of the molecule is Clc1ccc(-c2ccc(CNCc3ccccc3)s2)cc1. The summed E-state index contributed by atoms with van der Waals surface area (Å²) in [6.07, 6.45) is 0. The van der Waals surface area contributed by atoms with Gasteiger partial charge in [0.1, 0.15) is 0 Å². The first-order valence-corrected chi connectivity index (χ1v) is 8.10. The summed E-state index contributed by atoms with van der Waals surface area (Å²) < 4.78 is 0. The van der Waals surface area contributed by atoms with Crippen LogP contribution in [0.15, 0.2) is 66.7 Å². The largest absolute Gasteiger partial charge is 0.308 e. The lowest BCUT2D eigenvalue weighted by atomic mass is 10.2. The van der Waals surface area contributed by atoms with Crippen molar-refractivity contribution >= 4 is 22.9 Å². The van der Waals surface area contributed by atoms with E-state index in [-0.39, 0.29) is 0 Å². The molecule has 3 heteroatoms. The smallest absolute Gasteiger partial charge is 0.0406 e. The van der Waals surface area contributed by atoms with Crippen LogP contribution >= 0.6 is 22.9 Å². The minimum absolute atomic E-state index is 0.778. The Balaban J connectivity index is 1.59. The summed E-state index contributed by atoms with van der Waals surface area (Å²) in [4.78, 5) is 2.62. The molecule has 0 saturated carbocycles. The van der Waals surface area contributed by atoms with E-state index in [1.807, 2.05) is 29.5 Å². The molecule has 0 bridgehead atoms. The van der Waals surface area contributed by atoms with E-state index < -0.39 is 0 Å². The van der Waals surface area contributed by atoms with Crippen LogP contribution in [-0.2, 0) is 13.1 Å². The zero-order valence-corrected chi connectivity index (χ0v) is 13.1. The van der Waals surface area contributed by atoms with Crippen LogP contribution in [0.1, 0.15) is 10.4 Å². The van der Waals surface area contributed by atoms with Gasteiger partial charge in [0, 0.05) is 27.9 Å². The van der Waals surface area contributed by atoms with Crippen molar-refractivity contribution < 1.29 is 0 Å². The predicted molar refractivity (Wildman–Crippen MR) is 91.8 cm³/mol. The van der Waals surface area contributed by atoms with Gasteiger partial charge in [-0.2, -0.15) is 0 Å². The molecule has 21 heavy (non-hydrogen) atoms. The number of rotatable bonds is 5. The van der Waals surface area contributed by atoms with Crippen molar-refractivity contribution in [3.63, 3.8) is 0 Å². The highest BCUT2D eigenvalue weighted by Crippen LogP contribution is 2.28. The Hall–Kier alpha value is -1.61. The first kappa shape index (κ1) is 14.3. The van der Waals surface area contributed by atoms with Crippen molar-refractivity contribution in [2.75, 3.05) is 0 Å². The summed E-state index contributed by atoms with van der Waals surface area (Å²) in [5, 5.41) is 4.26. The zero-order valence-electron chi connectivity index (χ0n) is 11.6. The van der Waals surface area contributed by atoms with Crippen molar-refractivity contribution in [3.8, 4) is 10.4 Å². The van der Waals surface area contributed by atoms with Crippen LogP contribution in [-0.4, -0.2) is 0 Å². The van der Waals surface area contributed by atoms with Crippen LogP contribution in [0.3, 0.4) is 0 Å². The molecule has 0 unspecified atom stereocenters. The molecule has 0 aliphatic heterocycles. The third-order valence-corrected chi connectivity index (χ3v) is 4.65. The summed E-state index contributed by atoms with van der Waals surface area (Å²) in [5.41, 5.74) is 2.53. The van der Waals surface area contributed by atoms with Gasteiger partial charge in [-0.05, 0) is 35.4 Å². The Morgan fingerprint density at radius 2 is 1.57 bits per heavy atom. The van der Waals surface area contributed by atoms with Gasteiger partial charge in [-0.1, -0.05) is 54.1 Å². The van der Waals surface area contributed by atoms with Gasteiger partial charge in [-0.15, -0.1) is 11.3 Å². The molecule has 1 aromatic heterocycles. The van der Waals surface area contributed by atoms with E-state index >= 15 is 0 Å². The maximum Gasteiger partial charge on any atom is 0.0406 e. The average molecular weight is 314 g/mol. The third-order valence-electron chi connectivity index (χ3n) is 3.26. The molecule has 3 rings (SSSR count). The molecule has 0 saturated heterocycles. The molecular formula is C18H16ClNS. The third kappa shape index (κ3) is 3.94. The first-order chi connectivity index (χ1) is 10.3. The highest BCUT2D eigenvalue weighted by molar-refractivity contribution is 7.15. The van der Waals surface area contributed by atoms with Crippen LogP contribution in [0.2, 0.25) is 5.02 Å². The lowest BCUT2D eigenvalue weighted by Gasteiger charge is -2.03. The molecular weight excluding hydrogens is 298 g/mol. The number of thiophene rings is 1. The van der Waals surface area contributed by atoms with Gasteiger partial charge in [0.2, 0.25) is 0 Å². The second-order valence-electron chi connectivity index (χ2n) is 4.86. The van der Waals surface area contributed by atoms with Gasteiger partial charge < -0.3 is 5.32 Å². The first-order valence-electron chi connectivity index (χ1n) is 6.90. The normalized spacial score (nSPS) is 10.7. The quantitative estimate of drug-likeness (QED) is 0.668. The molecule has 1 nitrogen and oxygen atoms in total. The number of benzene rings is 2. The molecule has 0 fully saturated rings. The van der Waals surface area contributed by atoms with E-state index in [4.69, 9.17) is 11.6 Å². The Morgan fingerprint density at radius 1 is 0.810 bits per heavy atom. The summed E-state index contributed by atoms with van der Waals surface area (Å²) in [6, 6.07) is 22.8. The molecule has 0 radical (unpaired) electrons. The van der Waals surface area contributed by atoms with Crippen molar-refractivity contribution in [2.45, 2.75) is 13.1 Å². The van der Waals surface area contributed by atoms with Crippen LogP contribution in [0.25, 0.3) is 10.4 Å². The Morgan fingerprint density at radius 3 is 2.33 bits per heavy atom. The zero-order chi connectivity index (χ0) is 14.5. The highest BCUT2D eigenvalue weighted by atomic mass is 35.5. The molecule has 1 heterocycles. The number of halogens is 1. The molecule has 2 aromatic carbocycles. The van der Waals surface area contributed by atoms with Crippen molar-refractivity contribution in [3.05, 3.63) is 82.2 Å². The number of nitrogens with one attached hydrogen (secondary N) is 1. The van der Waals surface area contributed by atoms with Crippen molar-refractivity contribution in [1.82, 2.24) is 5.32 Å². The van der Waals surface area contributed by atoms with Gasteiger partial charge in [-0.25, -0.2) is 0 Å². The van der Waals surface area contributed by atoms with Gasteiger partial charge in [-0.3, -0.25) is 0 Å². The highest BCUT2D eigenvalue weighted by Gasteiger charge is 2.03. The molecule has 0 amide bonds. The van der Waals surface area contributed by atoms with Crippen LogP contribution in [0.4, 0.5) is 0 Å². The van der Waals surface area contributed by atoms with E-state index in [1.165, 1.54) is 20.9 Å². The fourth-order valence-electron chi connectivity index (χ4n) is 2.17. The second kappa shape index (κ2) is 6.90. The van der Waals surface area contributed by atoms with E-state index in [0.717, 1.165) is 18.1 Å². The Bertz CT molecular complexity index is 689. The van der Waals surface area contributed by atoms with Crippen LogP contribution < -0.4 is 5.32 Å². The topological polar surface area (TPSA) is 12.0 Å². The van der Waals surface area contributed by atoms with Crippen molar-refractivity contribution in [1.29, 1.82) is 0 Å². The maximum atomic E-state index is 5.92. The Kier molecular flexibility index (Phi) is 4.71. The Labute approximate surface area is 134 Å². The average Bonchev–Trinajstić information content (AvgIpc) is 2.98. The minimum Gasteiger partial charge on any atom is -0.308 e. The van der Waals surface area contributed by atoms with E-state index in [0.29, 0.717) is 0 Å². The monoisotopic (exact) mass is 313 g/mol. The summed E-state index contributed by atoms with van der Waals surface area (Å²) in [7, 11) is 0. The maximum absolute atomic E-state index is 5.92. The molecule has 0 spiro atoms. The van der Waals surface area contributed by atoms with Gasteiger partial charge >= 0.3 is 0 Å². The predicted octanol–water partition coefficient (Wildman–Crippen LogP) is 5.36. The fraction of sp³-hybridized carbons (Fsp3) is 0.111. The van der Waals surface area contributed by atoms with Crippen LogP contribution in [0.5, 0.6) is 0 Å². The fourth-order valence-corrected chi connectivity index (χ4v) is 3.28. The molecule has 106 valence electrons. The standard InChI is InChI=1S/C18H16ClNS/c19-16-8-6-15(7-9-16)18-11-10-17(21-18)13-20-12-14-4-2-1-3-5-14/h1-11,20H,12-13H2. The van der Waals surface area contributed by atoms with E-state index in [9.17, 15) is 0 Å². The summed E-state index contributed by atoms with van der Waals surface area (Å²) in [5.74, 6) is 0. The van der Waals surface area contributed by atoms with Gasteiger partial charge in [0.05, 0.1) is 0 Å². The van der Waals surface area contributed by atoms with Crippen molar-refractivity contribution in [2.24, 2.45) is 0 Å². The van der Waals surface area contributed by atoms with Gasteiger partial charge in [0.15, 0.2) is 0 Å². The van der Waals surface area contributed by atoms with Crippen LogP contribution in [0, 0.1) is 0 Å². The van der Waals surface area contributed by atoms with Gasteiger partial charge in [0.25, 0.3) is 0 Å². The van der Waals surface area contributed by atoms with E-state index in [2.05, 4.69) is 53.8 Å². The number of hydrogen-bond acceptors (Lipinski definition) is 2. The summed E-state index contributed by atoms with van der Waals surface area (Å²) in [6.45, 7) is 1.79. The molecule has 0 aliphatic carbocycles. The minimum atomic E-state index is 0.778. The summed E-state index contributed by atoms with van der Waals surface area (Å²) >= 11 is 7.75. The second-order valence-corrected chi connectivity index (χ2v) is 6.47. The lowest BCUT2D eigenvalue weighted by molar-refractivity contribution is 0.701. The lowest BCUT2D eigenvalue weighted by Crippen LogP contribution is -2.11. The molecule has 0 atom stereocenters.